The maximum Gasteiger partial charge on any atom is 0.237 e. The fourth-order valence-electron chi connectivity index (χ4n) is 1.92. The lowest BCUT2D eigenvalue weighted by Crippen LogP contribution is -2.56. The lowest BCUT2D eigenvalue weighted by Gasteiger charge is -2.39. The highest BCUT2D eigenvalue weighted by molar-refractivity contribution is 5.79. The Kier molecular flexibility index (Phi) is 4.54. The first kappa shape index (κ1) is 12.5. The van der Waals surface area contributed by atoms with Crippen LogP contribution < -0.4 is 5.73 Å². The van der Waals surface area contributed by atoms with Crippen molar-refractivity contribution in [3.05, 3.63) is 0 Å². The van der Waals surface area contributed by atoms with E-state index in [0.717, 1.165) is 19.5 Å². The number of rotatable bonds is 4. The molecular weight excluding hydrogens is 190 g/mol. The van der Waals surface area contributed by atoms with Gasteiger partial charge < -0.3 is 10.6 Å². The van der Waals surface area contributed by atoms with Crippen LogP contribution in [0, 0.1) is 0 Å². The molecule has 2 atom stereocenters. The molecule has 15 heavy (non-hydrogen) atoms. The van der Waals surface area contributed by atoms with E-state index in [1.165, 1.54) is 0 Å². The maximum absolute atomic E-state index is 11.9. The molecule has 2 N–H and O–H groups in total. The minimum absolute atomic E-state index is 0.246. The third-order valence-electron chi connectivity index (χ3n) is 3.37. The molecule has 4 nitrogen and oxygen atoms in total. The van der Waals surface area contributed by atoms with Crippen molar-refractivity contribution in [2.24, 2.45) is 5.73 Å². The van der Waals surface area contributed by atoms with E-state index < -0.39 is 0 Å². The van der Waals surface area contributed by atoms with Gasteiger partial charge in [0.05, 0.1) is 6.54 Å². The van der Waals surface area contributed by atoms with Crippen LogP contribution in [0.15, 0.2) is 0 Å². The van der Waals surface area contributed by atoms with E-state index in [1.54, 1.807) is 0 Å². The lowest BCUT2D eigenvalue weighted by molar-refractivity contribution is -0.139. The van der Waals surface area contributed by atoms with Gasteiger partial charge in [0.25, 0.3) is 0 Å². The van der Waals surface area contributed by atoms with Gasteiger partial charge in [0, 0.05) is 31.7 Å². The number of hydrogen-bond donors (Lipinski definition) is 1. The second-order valence-corrected chi connectivity index (χ2v) is 4.40. The van der Waals surface area contributed by atoms with E-state index in [4.69, 9.17) is 5.73 Å². The highest BCUT2D eigenvalue weighted by atomic mass is 16.2. The highest BCUT2D eigenvalue weighted by Crippen LogP contribution is 2.11. The molecule has 0 bridgehead atoms. The van der Waals surface area contributed by atoms with E-state index in [1.807, 2.05) is 4.90 Å². The van der Waals surface area contributed by atoms with Crippen LogP contribution in [0.3, 0.4) is 0 Å². The van der Waals surface area contributed by atoms with Gasteiger partial charge in [-0.05, 0) is 20.3 Å². The molecule has 0 saturated carbocycles. The Hall–Kier alpha value is -0.610. The summed E-state index contributed by atoms with van der Waals surface area (Å²) in [4.78, 5) is 16.0. The average Bonchev–Trinajstić information content (AvgIpc) is 2.26. The zero-order valence-electron chi connectivity index (χ0n) is 10.1. The molecule has 1 fully saturated rings. The summed E-state index contributed by atoms with van der Waals surface area (Å²) >= 11 is 0. The second-order valence-electron chi connectivity index (χ2n) is 4.40. The summed E-state index contributed by atoms with van der Waals surface area (Å²) in [6.07, 6.45) is 1.03. The van der Waals surface area contributed by atoms with Gasteiger partial charge in [-0.1, -0.05) is 6.92 Å². The summed E-state index contributed by atoms with van der Waals surface area (Å²) in [5.74, 6) is 0.246. The third-order valence-corrected chi connectivity index (χ3v) is 3.37. The maximum atomic E-state index is 11.9. The van der Waals surface area contributed by atoms with Gasteiger partial charge in [-0.3, -0.25) is 9.69 Å². The Bertz CT molecular complexity index is 220. The second kappa shape index (κ2) is 5.47. The molecule has 0 spiro atoms. The zero-order chi connectivity index (χ0) is 11.4. The van der Waals surface area contributed by atoms with Crippen molar-refractivity contribution < 1.29 is 4.79 Å². The Morgan fingerprint density at radius 3 is 2.47 bits per heavy atom. The van der Waals surface area contributed by atoms with E-state index in [2.05, 4.69) is 25.7 Å². The minimum Gasteiger partial charge on any atom is -0.338 e. The fourth-order valence-corrected chi connectivity index (χ4v) is 1.92. The largest absolute Gasteiger partial charge is 0.338 e. The molecule has 4 heteroatoms. The standard InChI is InChI=1S/C11H23N3O/c1-4-9(2)14-6-5-13(8-11(14)15)10(3)7-12/h9-10H,4-8,12H2,1-3H3. The predicted octanol–water partition coefficient (Wildman–Crippen LogP) is 0.276. The van der Waals surface area contributed by atoms with Crippen molar-refractivity contribution in [2.75, 3.05) is 26.2 Å². The van der Waals surface area contributed by atoms with Crippen molar-refractivity contribution in [1.82, 2.24) is 9.80 Å². The molecule has 0 aromatic heterocycles. The molecule has 0 radical (unpaired) electrons. The summed E-state index contributed by atoms with van der Waals surface area (Å²) in [7, 11) is 0. The van der Waals surface area contributed by atoms with Gasteiger partial charge in [0.2, 0.25) is 5.91 Å². The van der Waals surface area contributed by atoms with Crippen LogP contribution in [-0.2, 0) is 4.79 Å². The quantitative estimate of drug-likeness (QED) is 0.729. The SMILES string of the molecule is CCC(C)N1CCN(C(C)CN)CC1=O. The summed E-state index contributed by atoms with van der Waals surface area (Å²) < 4.78 is 0. The smallest absolute Gasteiger partial charge is 0.237 e. The Labute approximate surface area is 92.4 Å². The normalized spacial score (nSPS) is 22.9. The molecular formula is C11H23N3O. The van der Waals surface area contributed by atoms with Crippen molar-refractivity contribution in [3.63, 3.8) is 0 Å². The van der Waals surface area contributed by atoms with E-state index in [-0.39, 0.29) is 5.91 Å². The van der Waals surface area contributed by atoms with Gasteiger partial charge >= 0.3 is 0 Å². The van der Waals surface area contributed by atoms with Crippen LogP contribution >= 0.6 is 0 Å². The summed E-state index contributed by atoms with van der Waals surface area (Å²) in [5.41, 5.74) is 5.60. The van der Waals surface area contributed by atoms with Crippen molar-refractivity contribution in [1.29, 1.82) is 0 Å². The summed E-state index contributed by atoms with van der Waals surface area (Å²) in [6, 6.07) is 0.681. The van der Waals surface area contributed by atoms with Gasteiger partial charge in [0.15, 0.2) is 0 Å². The Balaban J connectivity index is 2.51. The first-order chi connectivity index (χ1) is 7.10. The molecule has 1 rings (SSSR count). The highest BCUT2D eigenvalue weighted by Gasteiger charge is 2.28. The number of hydrogen-bond acceptors (Lipinski definition) is 3. The average molecular weight is 213 g/mol. The predicted molar refractivity (Wildman–Crippen MR) is 61.6 cm³/mol. The molecule has 1 heterocycles. The Morgan fingerprint density at radius 2 is 2.00 bits per heavy atom. The van der Waals surface area contributed by atoms with Crippen molar-refractivity contribution in [3.8, 4) is 0 Å². The minimum atomic E-state index is 0.246. The van der Waals surface area contributed by atoms with Crippen LogP contribution in [0.1, 0.15) is 27.2 Å². The molecule has 0 aliphatic carbocycles. The molecule has 2 unspecified atom stereocenters. The van der Waals surface area contributed by atoms with Crippen LogP contribution in [0.2, 0.25) is 0 Å². The topological polar surface area (TPSA) is 49.6 Å². The fraction of sp³-hybridized carbons (Fsp3) is 0.909. The molecule has 1 saturated heterocycles. The molecule has 1 amide bonds. The van der Waals surface area contributed by atoms with Gasteiger partial charge in [-0.2, -0.15) is 0 Å². The lowest BCUT2D eigenvalue weighted by atomic mass is 10.1. The molecule has 1 aliphatic heterocycles. The van der Waals surface area contributed by atoms with E-state index in [9.17, 15) is 4.79 Å². The van der Waals surface area contributed by atoms with Gasteiger partial charge in [-0.15, -0.1) is 0 Å². The summed E-state index contributed by atoms with van der Waals surface area (Å²) in [5, 5.41) is 0. The number of nitrogens with zero attached hydrogens (tertiary/aromatic N) is 2. The van der Waals surface area contributed by atoms with Crippen molar-refractivity contribution >= 4 is 5.91 Å². The molecule has 0 aromatic carbocycles. The van der Waals surface area contributed by atoms with E-state index in [0.29, 0.717) is 25.2 Å². The number of carbonyl (C=O) groups excluding carboxylic acids is 1. The third kappa shape index (κ3) is 2.92. The number of amides is 1. The van der Waals surface area contributed by atoms with Crippen LogP contribution in [0.4, 0.5) is 0 Å². The molecule has 0 aromatic rings. The van der Waals surface area contributed by atoms with Crippen LogP contribution in [0.5, 0.6) is 0 Å². The molecule has 1 aliphatic rings. The number of nitrogens with two attached hydrogens (primary N) is 1. The van der Waals surface area contributed by atoms with Crippen molar-refractivity contribution in [2.45, 2.75) is 39.3 Å². The van der Waals surface area contributed by atoms with Crippen LogP contribution in [0.25, 0.3) is 0 Å². The summed E-state index contributed by atoms with van der Waals surface area (Å²) in [6.45, 7) is 9.25. The number of carbonyl (C=O) groups is 1. The first-order valence-corrected chi connectivity index (χ1v) is 5.83. The molecule has 88 valence electrons. The van der Waals surface area contributed by atoms with E-state index >= 15 is 0 Å². The van der Waals surface area contributed by atoms with Crippen LogP contribution in [-0.4, -0.2) is 54.0 Å². The number of piperazine rings is 1. The first-order valence-electron chi connectivity index (χ1n) is 5.83. The zero-order valence-corrected chi connectivity index (χ0v) is 10.1. The van der Waals surface area contributed by atoms with Gasteiger partial charge in [-0.25, -0.2) is 0 Å². The Morgan fingerprint density at radius 1 is 1.33 bits per heavy atom. The van der Waals surface area contributed by atoms with Gasteiger partial charge in [0.1, 0.15) is 0 Å². The monoisotopic (exact) mass is 213 g/mol.